The summed E-state index contributed by atoms with van der Waals surface area (Å²) in [5, 5.41) is 12.2. The fourth-order valence-corrected chi connectivity index (χ4v) is 2.75. The summed E-state index contributed by atoms with van der Waals surface area (Å²) in [7, 11) is 2.19. The smallest absolute Gasteiger partial charge is 0.174 e. The molecule has 1 N–H and O–H groups in total. The van der Waals surface area contributed by atoms with E-state index in [4.69, 9.17) is 10.00 Å². The van der Waals surface area contributed by atoms with Crippen LogP contribution in [-0.4, -0.2) is 37.2 Å². The van der Waals surface area contributed by atoms with Gasteiger partial charge < -0.3 is 15.0 Å². The van der Waals surface area contributed by atoms with Crippen LogP contribution in [0.2, 0.25) is 0 Å². The van der Waals surface area contributed by atoms with Gasteiger partial charge in [0, 0.05) is 30.4 Å². The molecule has 0 bridgehead atoms. The van der Waals surface area contributed by atoms with E-state index in [9.17, 15) is 0 Å². The Bertz CT molecular complexity index is 483. The van der Waals surface area contributed by atoms with Crippen LogP contribution in [0.4, 0.5) is 5.69 Å². The number of piperidine rings is 1. The van der Waals surface area contributed by atoms with E-state index >= 15 is 0 Å². The molecule has 1 aliphatic rings. The van der Waals surface area contributed by atoms with E-state index in [1.165, 1.54) is 0 Å². The Hall–Kier alpha value is -1.73. The highest BCUT2D eigenvalue weighted by Crippen LogP contribution is 2.25. The number of nitriles is 1. The molecule has 1 heterocycles. The third-order valence-electron chi connectivity index (χ3n) is 4.10. The lowest BCUT2D eigenvalue weighted by Gasteiger charge is -2.40. The highest BCUT2D eigenvalue weighted by atomic mass is 16.5. The van der Waals surface area contributed by atoms with E-state index < -0.39 is 0 Å². The van der Waals surface area contributed by atoms with Gasteiger partial charge in [0.05, 0.1) is 0 Å². The van der Waals surface area contributed by atoms with Crippen LogP contribution in [-0.2, 0) is 0 Å². The number of nitrogens with zero attached hydrogens (tertiary/aromatic N) is 2. The average Bonchev–Trinajstić information content (AvgIpc) is 2.43. The van der Waals surface area contributed by atoms with E-state index in [1.54, 1.807) is 0 Å². The summed E-state index contributed by atoms with van der Waals surface area (Å²) >= 11 is 0. The van der Waals surface area contributed by atoms with Gasteiger partial charge in [-0.05, 0) is 38.4 Å². The molecule has 1 aliphatic heterocycles. The summed E-state index contributed by atoms with van der Waals surface area (Å²) in [6.45, 7) is 5.76. The lowest BCUT2D eigenvalue weighted by molar-refractivity contribution is 0.145. The SMILES string of the molecule is CC1CN(C)C(C)CC1Nc1cccc(OCC#N)c1. The van der Waals surface area contributed by atoms with E-state index in [0.29, 0.717) is 18.0 Å². The first-order chi connectivity index (χ1) is 9.60. The van der Waals surface area contributed by atoms with Crippen LogP contribution in [0.3, 0.4) is 0 Å². The molecule has 0 radical (unpaired) electrons. The minimum atomic E-state index is 0.0884. The Morgan fingerprint density at radius 1 is 1.45 bits per heavy atom. The molecule has 0 aliphatic carbocycles. The first-order valence-corrected chi connectivity index (χ1v) is 7.16. The maximum absolute atomic E-state index is 8.55. The second-order valence-corrected chi connectivity index (χ2v) is 5.73. The first-order valence-electron chi connectivity index (χ1n) is 7.16. The molecule has 3 unspecified atom stereocenters. The molecular formula is C16H23N3O. The Labute approximate surface area is 121 Å². The summed E-state index contributed by atoms with van der Waals surface area (Å²) in [6, 6.07) is 10.9. The predicted molar refractivity (Wildman–Crippen MR) is 80.8 cm³/mol. The summed E-state index contributed by atoms with van der Waals surface area (Å²) < 4.78 is 5.34. The van der Waals surface area contributed by atoms with Crippen LogP contribution in [0, 0.1) is 17.2 Å². The lowest BCUT2D eigenvalue weighted by Crippen LogP contribution is -2.48. The van der Waals surface area contributed by atoms with Crippen LogP contribution in [0.5, 0.6) is 5.75 Å². The van der Waals surface area contributed by atoms with Crippen molar-refractivity contribution in [2.75, 3.05) is 25.5 Å². The van der Waals surface area contributed by atoms with Gasteiger partial charge >= 0.3 is 0 Å². The number of rotatable bonds is 4. The molecule has 0 aromatic heterocycles. The van der Waals surface area contributed by atoms with Gasteiger partial charge in [0.15, 0.2) is 6.61 Å². The molecule has 1 fully saturated rings. The van der Waals surface area contributed by atoms with Crippen molar-refractivity contribution in [3.63, 3.8) is 0 Å². The van der Waals surface area contributed by atoms with Crippen LogP contribution in [0.25, 0.3) is 0 Å². The topological polar surface area (TPSA) is 48.3 Å². The van der Waals surface area contributed by atoms with Crippen LogP contribution < -0.4 is 10.1 Å². The molecule has 4 heteroatoms. The first kappa shape index (κ1) is 14.7. The van der Waals surface area contributed by atoms with Crippen molar-refractivity contribution >= 4 is 5.69 Å². The molecule has 0 saturated carbocycles. The molecule has 1 aromatic carbocycles. The Morgan fingerprint density at radius 3 is 3.00 bits per heavy atom. The quantitative estimate of drug-likeness (QED) is 0.916. The Kier molecular flexibility index (Phi) is 4.86. The largest absolute Gasteiger partial charge is 0.479 e. The molecular weight excluding hydrogens is 250 g/mol. The molecule has 1 aromatic rings. The number of likely N-dealkylation sites (tertiary alicyclic amines) is 1. The average molecular weight is 273 g/mol. The van der Waals surface area contributed by atoms with E-state index in [0.717, 1.165) is 24.4 Å². The zero-order valence-electron chi connectivity index (χ0n) is 12.5. The molecule has 0 spiro atoms. The zero-order valence-corrected chi connectivity index (χ0v) is 12.5. The number of anilines is 1. The van der Waals surface area contributed by atoms with E-state index in [-0.39, 0.29) is 6.61 Å². The number of ether oxygens (including phenoxy) is 1. The van der Waals surface area contributed by atoms with Gasteiger partial charge in [-0.15, -0.1) is 0 Å². The van der Waals surface area contributed by atoms with E-state index in [1.807, 2.05) is 24.3 Å². The van der Waals surface area contributed by atoms with Gasteiger partial charge in [0.2, 0.25) is 0 Å². The minimum Gasteiger partial charge on any atom is -0.479 e. The number of hydrogen-bond donors (Lipinski definition) is 1. The molecule has 2 rings (SSSR count). The van der Waals surface area contributed by atoms with Crippen LogP contribution >= 0.6 is 0 Å². The van der Waals surface area contributed by atoms with Gasteiger partial charge in [-0.1, -0.05) is 13.0 Å². The molecule has 4 nitrogen and oxygen atoms in total. The highest BCUT2D eigenvalue weighted by molar-refractivity contribution is 5.49. The summed E-state index contributed by atoms with van der Waals surface area (Å²) in [6.07, 6.45) is 1.14. The van der Waals surface area contributed by atoms with Crippen molar-refractivity contribution in [3.8, 4) is 11.8 Å². The van der Waals surface area contributed by atoms with Crippen molar-refractivity contribution in [2.45, 2.75) is 32.4 Å². The normalized spacial score (nSPS) is 26.8. The fraction of sp³-hybridized carbons (Fsp3) is 0.562. The molecule has 1 saturated heterocycles. The molecule has 20 heavy (non-hydrogen) atoms. The third-order valence-corrected chi connectivity index (χ3v) is 4.10. The van der Waals surface area contributed by atoms with Crippen molar-refractivity contribution in [1.29, 1.82) is 5.26 Å². The number of benzene rings is 1. The summed E-state index contributed by atoms with van der Waals surface area (Å²) in [5.74, 6) is 1.35. The molecule has 0 amide bonds. The van der Waals surface area contributed by atoms with Gasteiger partial charge in [0.25, 0.3) is 0 Å². The predicted octanol–water partition coefficient (Wildman–Crippen LogP) is 2.73. The highest BCUT2D eigenvalue weighted by Gasteiger charge is 2.28. The van der Waals surface area contributed by atoms with E-state index in [2.05, 4.69) is 37.2 Å². The van der Waals surface area contributed by atoms with Crippen molar-refractivity contribution in [3.05, 3.63) is 24.3 Å². The second kappa shape index (κ2) is 6.62. The maximum Gasteiger partial charge on any atom is 0.174 e. The number of hydrogen-bond acceptors (Lipinski definition) is 4. The van der Waals surface area contributed by atoms with Gasteiger partial charge in [-0.3, -0.25) is 0 Å². The second-order valence-electron chi connectivity index (χ2n) is 5.73. The maximum atomic E-state index is 8.55. The van der Waals surface area contributed by atoms with Crippen LogP contribution in [0.15, 0.2) is 24.3 Å². The monoisotopic (exact) mass is 273 g/mol. The molecule has 108 valence electrons. The van der Waals surface area contributed by atoms with Crippen molar-refractivity contribution in [1.82, 2.24) is 4.90 Å². The number of nitrogens with one attached hydrogen (secondary N) is 1. The molecule has 3 atom stereocenters. The van der Waals surface area contributed by atoms with Crippen molar-refractivity contribution < 1.29 is 4.74 Å². The van der Waals surface area contributed by atoms with Crippen molar-refractivity contribution in [2.24, 2.45) is 5.92 Å². The van der Waals surface area contributed by atoms with Crippen LogP contribution in [0.1, 0.15) is 20.3 Å². The lowest BCUT2D eigenvalue weighted by atomic mass is 9.89. The Morgan fingerprint density at radius 2 is 2.25 bits per heavy atom. The summed E-state index contributed by atoms with van der Waals surface area (Å²) in [5.41, 5.74) is 1.06. The fourth-order valence-electron chi connectivity index (χ4n) is 2.75. The zero-order chi connectivity index (χ0) is 14.5. The third kappa shape index (κ3) is 3.64. The standard InChI is InChI=1S/C16H23N3O/c1-12-11-19(3)13(2)9-16(12)18-14-5-4-6-15(10-14)20-8-7-17/h4-6,10,12-13,16,18H,8-9,11H2,1-3H3. The minimum absolute atomic E-state index is 0.0884. The summed E-state index contributed by atoms with van der Waals surface area (Å²) in [4.78, 5) is 2.41. The van der Waals surface area contributed by atoms with Gasteiger partial charge in [-0.25, -0.2) is 0 Å². The Balaban J connectivity index is 2.00. The van der Waals surface area contributed by atoms with Gasteiger partial charge in [0.1, 0.15) is 11.8 Å². The van der Waals surface area contributed by atoms with Gasteiger partial charge in [-0.2, -0.15) is 5.26 Å².